The number of aryl methyl sites for hydroxylation is 1. The number of amides is 3. The van der Waals surface area contributed by atoms with E-state index in [1.807, 2.05) is 61.5 Å². The Bertz CT molecular complexity index is 2450. The summed E-state index contributed by atoms with van der Waals surface area (Å²) in [4.78, 5) is 41.8. The van der Waals surface area contributed by atoms with Crippen molar-refractivity contribution in [1.29, 1.82) is 0 Å². The highest BCUT2D eigenvalue weighted by atomic mass is 32.3. The molecule has 3 heterocycles. The first kappa shape index (κ1) is 38.8. The number of carbonyl (C=O) groups excluding carboxylic acids is 2. The van der Waals surface area contributed by atoms with Crippen molar-refractivity contribution >= 4 is 55.9 Å². The number of anilines is 4. The molecule has 1 fully saturated rings. The smallest absolute Gasteiger partial charge is 0.326 e. The van der Waals surface area contributed by atoms with E-state index in [0.717, 1.165) is 46.7 Å². The number of morpholine rings is 1. The minimum atomic E-state index is -1.17. The van der Waals surface area contributed by atoms with Crippen LogP contribution in [0.4, 0.5) is 27.9 Å². The molecule has 4 N–H and O–H groups in total. The van der Waals surface area contributed by atoms with Crippen molar-refractivity contribution in [3.8, 4) is 29.8 Å². The van der Waals surface area contributed by atoms with Gasteiger partial charge >= 0.3 is 12.0 Å². The van der Waals surface area contributed by atoms with Crippen LogP contribution in [0.1, 0.15) is 21.5 Å². The lowest BCUT2D eigenvalue weighted by molar-refractivity contribution is 0.0383. The molecule has 0 atom stereocenters. The molecule has 292 valence electrons. The highest BCUT2D eigenvalue weighted by Crippen LogP contribution is 2.45. The standard InChI is InChI=1S/C42H44N10O4S/c1-6-29-23-30(39(53)43-17-18-51-19-21-55-22-20-51)25-31(24-29)46-40-44-27-45-42(49-40)56-36-16-15-35(33-9-7-8-10-34(33)36)47-41(54)48-37-26-38(57(3,4)5)50-52(37)32-13-11-28(2)12-14-32/h1,7-16,23-27H,17-22H2,2-5H3,(H,43,53)(H2,47,48,54)(H,44,45,46,49). The highest BCUT2D eigenvalue weighted by Gasteiger charge is 2.20. The van der Waals surface area contributed by atoms with Crippen LogP contribution in [0.15, 0.2) is 96.3 Å². The van der Waals surface area contributed by atoms with E-state index in [2.05, 4.69) is 65.8 Å². The molecule has 6 aromatic rings. The molecule has 1 aliphatic heterocycles. The second kappa shape index (κ2) is 17.1. The van der Waals surface area contributed by atoms with Crippen molar-refractivity contribution in [2.75, 3.05) is 74.1 Å². The van der Waals surface area contributed by atoms with Gasteiger partial charge < -0.3 is 25.4 Å². The zero-order valence-corrected chi connectivity index (χ0v) is 33.0. The maximum Gasteiger partial charge on any atom is 0.326 e. The summed E-state index contributed by atoms with van der Waals surface area (Å²) in [5.41, 5.74) is 4.00. The first-order chi connectivity index (χ1) is 27.5. The van der Waals surface area contributed by atoms with Crippen molar-refractivity contribution < 1.29 is 19.1 Å². The number of rotatable bonds is 12. The van der Waals surface area contributed by atoms with Crippen LogP contribution in [0.2, 0.25) is 0 Å². The van der Waals surface area contributed by atoms with Crippen LogP contribution in [0.25, 0.3) is 16.5 Å². The van der Waals surface area contributed by atoms with Crippen molar-refractivity contribution in [3.05, 3.63) is 108 Å². The van der Waals surface area contributed by atoms with Gasteiger partial charge in [-0.15, -0.1) is 6.42 Å². The maximum atomic E-state index is 13.5. The predicted octanol–water partition coefficient (Wildman–Crippen LogP) is 6.80. The van der Waals surface area contributed by atoms with Gasteiger partial charge in [0.25, 0.3) is 5.91 Å². The topological polar surface area (TPSA) is 160 Å². The molecule has 15 heteroatoms. The van der Waals surface area contributed by atoms with E-state index in [1.54, 1.807) is 35.0 Å². The number of hydrogen-bond donors (Lipinski definition) is 4. The first-order valence-electron chi connectivity index (χ1n) is 18.3. The van der Waals surface area contributed by atoms with Crippen LogP contribution in [0.3, 0.4) is 0 Å². The number of nitrogens with zero attached hydrogens (tertiary/aromatic N) is 6. The SMILES string of the molecule is C#Cc1cc(Nc2ncnc(Oc3ccc(NC(=O)Nc4cc(S(C)(C)C)nn4-c4ccc(C)cc4)c4ccccc34)n2)cc(C(=O)NCCN2CCOCC2)c1. The van der Waals surface area contributed by atoms with Crippen LogP contribution < -0.4 is 26.0 Å². The fraction of sp³-hybridized carbons (Fsp3) is 0.238. The van der Waals surface area contributed by atoms with E-state index in [4.69, 9.17) is 21.0 Å². The molecule has 0 spiro atoms. The average Bonchev–Trinajstić information content (AvgIpc) is 3.64. The van der Waals surface area contributed by atoms with E-state index in [-0.39, 0.29) is 17.9 Å². The van der Waals surface area contributed by atoms with Gasteiger partial charge in [-0.1, -0.05) is 47.9 Å². The minimum absolute atomic E-state index is 0.0337. The molecule has 14 nitrogen and oxygen atoms in total. The Balaban J connectivity index is 1.05. The van der Waals surface area contributed by atoms with E-state index < -0.39 is 16.1 Å². The van der Waals surface area contributed by atoms with Gasteiger partial charge in [0, 0.05) is 59.8 Å². The van der Waals surface area contributed by atoms with Gasteiger partial charge in [0.2, 0.25) is 5.95 Å². The van der Waals surface area contributed by atoms with Crippen LogP contribution in [-0.4, -0.2) is 99.7 Å². The monoisotopic (exact) mass is 784 g/mol. The molecular weight excluding hydrogens is 741 g/mol. The molecule has 7 rings (SSSR count). The molecular formula is C42H44N10O4S. The fourth-order valence-corrected chi connectivity index (χ4v) is 6.95. The molecule has 2 aromatic heterocycles. The Labute approximate surface area is 332 Å². The Morgan fingerprint density at radius 1 is 0.930 bits per heavy atom. The predicted molar refractivity (Wildman–Crippen MR) is 226 cm³/mol. The molecule has 1 aliphatic rings. The summed E-state index contributed by atoms with van der Waals surface area (Å²) in [5, 5.41) is 19.4. The van der Waals surface area contributed by atoms with Crippen LogP contribution in [0, 0.1) is 19.3 Å². The van der Waals surface area contributed by atoms with Gasteiger partial charge in [-0.3, -0.25) is 15.0 Å². The Morgan fingerprint density at radius 2 is 1.70 bits per heavy atom. The van der Waals surface area contributed by atoms with E-state index >= 15 is 0 Å². The van der Waals surface area contributed by atoms with Gasteiger partial charge in [-0.05, 0) is 68.2 Å². The molecule has 4 aromatic carbocycles. The normalized spacial score (nSPS) is 13.4. The number of fused-ring (bicyclic) bond motifs is 1. The second-order valence-electron chi connectivity index (χ2n) is 14.2. The van der Waals surface area contributed by atoms with E-state index in [1.165, 1.54) is 6.33 Å². The lowest BCUT2D eigenvalue weighted by Crippen LogP contribution is -2.41. The third-order valence-electron chi connectivity index (χ3n) is 9.15. The number of urea groups is 1. The second-order valence-corrected chi connectivity index (χ2v) is 18.3. The van der Waals surface area contributed by atoms with Crippen molar-refractivity contribution in [3.63, 3.8) is 0 Å². The molecule has 0 bridgehead atoms. The largest absolute Gasteiger partial charge is 0.424 e. The number of benzene rings is 4. The zero-order valence-electron chi connectivity index (χ0n) is 32.2. The Morgan fingerprint density at radius 3 is 2.46 bits per heavy atom. The first-order valence-corrected chi connectivity index (χ1v) is 21.2. The summed E-state index contributed by atoms with van der Waals surface area (Å²) in [5.74, 6) is 3.58. The molecule has 0 unspecified atom stereocenters. The Hall–Kier alpha value is -6.47. The summed E-state index contributed by atoms with van der Waals surface area (Å²) in [6.45, 7) is 6.33. The van der Waals surface area contributed by atoms with Gasteiger partial charge in [0.1, 0.15) is 22.9 Å². The minimum Gasteiger partial charge on any atom is -0.424 e. The molecule has 0 radical (unpaired) electrons. The van der Waals surface area contributed by atoms with Gasteiger partial charge in [0.05, 0.1) is 24.6 Å². The average molecular weight is 785 g/mol. The summed E-state index contributed by atoms with van der Waals surface area (Å²) in [7, 11) is -1.17. The summed E-state index contributed by atoms with van der Waals surface area (Å²) < 4.78 is 13.3. The number of ether oxygens (including phenoxy) is 2. The van der Waals surface area contributed by atoms with Crippen LogP contribution in [0.5, 0.6) is 11.8 Å². The fourth-order valence-electron chi connectivity index (χ4n) is 6.16. The highest BCUT2D eigenvalue weighted by molar-refractivity contribution is 8.32. The lowest BCUT2D eigenvalue weighted by Gasteiger charge is -2.26. The van der Waals surface area contributed by atoms with Gasteiger partial charge in [-0.2, -0.15) is 15.1 Å². The number of carbonyl (C=O) groups is 2. The number of hydrogen-bond acceptors (Lipinski definition) is 10. The zero-order chi connectivity index (χ0) is 39.9. The number of nitrogens with one attached hydrogen (secondary N) is 4. The van der Waals surface area contributed by atoms with Crippen LogP contribution in [-0.2, 0) is 4.74 Å². The number of aromatic nitrogens is 5. The molecule has 0 saturated carbocycles. The van der Waals surface area contributed by atoms with Crippen molar-refractivity contribution in [1.82, 2.24) is 34.9 Å². The van der Waals surface area contributed by atoms with Gasteiger partial charge in [0.15, 0.2) is 0 Å². The summed E-state index contributed by atoms with van der Waals surface area (Å²) in [6.07, 6.45) is 13.5. The third kappa shape index (κ3) is 9.68. The van der Waals surface area contributed by atoms with E-state index in [0.29, 0.717) is 53.8 Å². The molecule has 1 saturated heterocycles. The third-order valence-corrected chi connectivity index (χ3v) is 10.6. The van der Waals surface area contributed by atoms with Crippen LogP contribution >= 0.6 is 10.0 Å². The van der Waals surface area contributed by atoms with Gasteiger partial charge in [-0.25, -0.2) is 24.5 Å². The quantitative estimate of drug-likeness (QED) is 0.0973. The van der Waals surface area contributed by atoms with E-state index in [9.17, 15) is 9.59 Å². The van der Waals surface area contributed by atoms with Crippen molar-refractivity contribution in [2.45, 2.75) is 11.9 Å². The summed E-state index contributed by atoms with van der Waals surface area (Å²) >= 11 is 0. The molecule has 57 heavy (non-hydrogen) atoms. The summed E-state index contributed by atoms with van der Waals surface area (Å²) in [6, 6.07) is 25.7. The van der Waals surface area contributed by atoms with Crippen molar-refractivity contribution in [2.24, 2.45) is 0 Å². The Kier molecular flexibility index (Phi) is 11.7. The maximum absolute atomic E-state index is 13.5. The molecule has 3 amide bonds. The lowest BCUT2D eigenvalue weighted by atomic mass is 10.1. The molecule has 0 aliphatic carbocycles. The number of terminal acetylenes is 1.